The maximum atomic E-state index is 13.3. The van der Waals surface area contributed by atoms with Crippen LogP contribution < -0.4 is 0 Å². The third-order valence-corrected chi connectivity index (χ3v) is 3.52. The van der Waals surface area contributed by atoms with Crippen molar-refractivity contribution >= 4 is 11.9 Å². The predicted molar refractivity (Wildman–Crippen MR) is 87.1 cm³/mol. The van der Waals surface area contributed by atoms with Gasteiger partial charge in [-0.15, -0.1) is 13.2 Å². The van der Waals surface area contributed by atoms with E-state index in [1.165, 1.54) is 11.0 Å². The molecule has 24 heavy (non-hydrogen) atoms. The fraction of sp³-hybridized carbons (Fsp3) is 0.333. The number of carbonyl (C=O) groups is 2. The van der Waals surface area contributed by atoms with Crippen molar-refractivity contribution in [2.24, 2.45) is 5.92 Å². The molecule has 0 fully saturated rings. The van der Waals surface area contributed by atoms with Crippen LogP contribution in [0.4, 0.5) is 8.78 Å². The van der Waals surface area contributed by atoms with Crippen LogP contribution in [0, 0.1) is 17.6 Å². The monoisotopic (exact) mass is 337 g/mol. The lowest BCUT2D eigenvalue weighted by Gasteiger charge is -2.26. The molecular weight excluding hydrogens is 316 g/mol. The summed E-state index contributed by atoms with van der Waals surface area (Å²) in [4.78, 5) is 24.8. The van der Waals surface area contributed by atoms with Crippen LogP contribution in [-0.2, 0) is 16.1 Å². The van der Waals surface area contributed by atoms with Crippen LogP contribution in [0.2, 0.25) is 0 Å². The zero-order chi connectivity index (χ0) is 18.1. The van der Waals surface area contributed by atoms with Crippen molar-refractivity contribution in [3.05, 3.63) is 60.7 Å². The highest BCUT2D eigenvalue weighted by atomic mass is 19.2. The molecule has 1 N–H and O–H groups in total. The van der Waals surface area contributed by atoms with Crippen LogP contribution in [0.25, 0.3) is 0 Å². The van der Waals surface area contributed by atoms with Crippen molar-refractivity contribution in [1.82, 2.24) is 4.90 Å². The molecule has 0 aliphatic carbocycles. The maximum absolute atomic E-state index is 13.3. The van der Waals surface area contributed by atoms with E-state index in [1.54, 1.807) is 12.2 Å². The Bertz CT molecular complexity index is 606. The standard InChI is InChI=1S/C18H21F2NO3/c1-3-5-14(6-4-2)18(24)21(10-9-17(22)23)12-13-7-8-15(19)16(20)11-13/h3-4,7-8,11,14H,1-2,5-6,9-10,12H2,(H,22,23). The van der Waals surface area contributed by atoms with Crippen LogP contribution in [-0.4, -0.2) is 28.4 Å². The maximum Gasteiger partial charge on any atom is 0.305 e. The van der Waals surface area contributed by atoms with Gasteiger partial charge in [-0.25, -0.2) is 8.78 Å². The number of allylic oxidation sites excluding steroid dienone is 2. The summed E-state index contributed by atoms with van der Waals surface area (Å²) < 4.78 is 26.4. The van der Waals surface area contributed by atoms with Crippen molar-refractivity contribution in [1.29, 1.82) is 0 Å². The molecule has 0 heterocycles. The van der Waals surface area contributed by atoms with Crippen molar-refractivity contribution in [2.45, 2.75) is 25.8 Å². The van der Waals surface area contributed by atoms with E-state index in [0.717, 1.165) is 12.1 Å². The number of hydrogen-bond acceptors (Lipinski definition) is 2. The van der Waals surface area contributed by atoms with Crippen molar-refractivity contribution in [3.8, 4) is 0 Å². The molecule has 1 rings (SSSR count). The van der Waals surface area contributed by atoms with Gasteiger partial charge in [0.15, 0.2) is 11.6 Å². The van der Waals surface area contributed by atoms with Gasteiger partial charge in [-0.05, 0) is 30.5 Å². The van der Waals surface area contributed by atoms with Crippen LogP contribution in [0.1, 0.15) is 24.8 Å². The van der Waals surface area contributed by atoms with Gasteiger partial charge in [0, 0.05) is 19.0 Å². The van der Waals surface area contributed by atoms with Crippen LogP contribution in [0.3, 0.4) is 0 Å². The van der Waals surface area contributed by atoms with Gasteiger partial charge in [0.2, 0.25) is 5.91 Å². The van der Waals surface area contributed by atoms with E-state index in [2.05, 4.69) is 13.2 Å². The number of hydrogen-bond donors (Lipinski definition) is 1. The number of carboxylic acid groups (broad SMARTS) is 1. The number of carbonyl (C=O) groups excluding carboxylic acids is 1. The third-order valence-electron chi connectivity index (χ3n) is 3.52. The lowest BCUT2D eigenvalue weighted by atomic mass is 9.99. The number of carboxylic acids is 1. The minimum Gasteiger partial charge on any atom is -0.481 e. The Morgan fingerprint density at radius 3 is 2.29 bits per heavy atom. The van der Waals surface area contributed by atoms with E-state index in [9.17, 15) is 18.4 Å². The first-order valence-electron chi connectivity index (χ1n) is 7.55. The minimum absolute atomic E-state index is 0.00803. The number of rotatable bonds is 10. The molecule has 0 aliphatic rings. The Balaban J connectivity index is 2.97. The molecule has 0 saturated heterocycles. The third kappa shape index (κ3) is 5.95. The number of amides is 1. The van der Waals surface area contributed by atoms with Gasteiger partial charge < -0.3 is 10.0 Å². The number of aliphatic carboxylic acids is 1. The highest BCUT2D eigenvalue weighted by Crippen LogP contribution is 2.18. The van der Waals surface area contributed by atoms with Gasteiger partial charge in [0.1, 0.15) is 0 Å². The quantitative estimate of drug-likeness (QED) is 0.665. The highest BCUT2D eigenvalue weighted by Gasteiger charge is 2.23. The van der Waals surface area contributed by atoms with E-state index in [0.29, 0.717) is 18.4 Å². The smallest absolute Gasteiger partial charge is 0.305 e. The second-order valence-corrected chi connectivity index (χ2v) is 5.40. The van der Waals surface area contributed by atoms with Gasteiger partial charge in [-0.1, -0.05) is 18.2 Å². The predicted octanol–water partition coefficient (Wildman–Crippen LogP) is 3.54. The van der Waals surface area contributed by atoms with Crippen molar-refractivity contribution in [2.75, 3.05) is 6.54 Å². The molecule has 6 heteroatoms. The lowest BCUT2D eigenvalue weighted by molar-refractivity contribution is -0.140. The molecule has 1 aromatic carbocycles. The van der Waals surface area contributed by atoms with Crippen molar-refractivity contribution in [3.63, 3.8) is 0 Å². The Morgan fingerprint density at radius 2 is 1.79 bits per heavy atom. The molecule has 0 saturated carbocycles. The Hall–Kier alpha value is -2.50. The molecular formula is C18H21F2NO3. The average molecular weight is 337 g/mol. The zero-order valence-corrected chi connectivity index (χ0v) is 13.4. The van der Waals surface area contributed by atoms with Gasteiger partial charge in [0.05, 0.1) is 6.42 Å². The molecule has 0 unspecified atom stereocenters. The fourth-order valence-electron chi connectivity index (χ4n) is 2.31. The van der Waals surface area contributed by atoms with Gasteiger partial charge in [-0.3, -0.25) is 9.59 Å². The summed E-state index contributed by atoms with van der Waals surface area (Å²) in [5.41, 5.74) is 0.392. The zero-order valence-electron chi connectivity index (χ0n) is 13.4. The van der Waals surface area contributed by atoms with Crippen LogP contribution in [0.5, 0.6) is 0 Å². The first-order valence-corrected chi connectivity index (χ1v) is 7.55. The van der Waals surface area contributed by atoms with Gasteiger partial charge in [0.25, 0.3) is 0 Å². The number of benzene rings is 1. The van der Waals surface area contributed by atoms with E-state index >= 15 is 0 Å². The van der Waals surface area contributed by atoms with Crippen LogP contribution >= 0.6 is 0 Å². The fourth-order valence-corrected chi connectivity index (χ4v) is 2.31. The Kier molecular flexibility index (Phi) is 7.82. The molecule has 130 valence electrons. The molecule has 1 amide bonds. The number of halogens is 2. The molecule has 0 atom stereocenters. The van der Waals surface area contributed by atoms with E-state index in [4.69, 9.17) is 5.11 Å². The molecule has 0 radical (unpaired) electrons. The highest BCUT2D eigenvalue weighted by molar-refractivity contribution is 5.79. The first kappa shape index (κ1) is 19.5. The summed E-state index contributed by atoms with van der Waals surface area (Å²) in [5.74, 6) is -3.69. The normalized spacial score (nSPS) is 10.5. The number of nitrogens with zero attached hydrogens (tertiary/aromatic N) is 1. The summed E-state index contributed by atoms with van der Waals surface area (Å²) in [6, 6.07) is 3.36. The SMILES string of the molecule is C=CCC(CC=C)C(=O)N(CCC(=O)O)Cc1ccc(F)c(F)c1. The van der Waals surface area contributed by atoms with Crippen molar-refractivity contribution < 1.29 is 23.5 Å². The average Bonchev–Trinajstić information content (AvgIpc) is 2.53. The second-order valence-electron chi connectivity index (χ2n) is 5.40. The second kappa shape index (κ2) is 9.60. The van der Waals surface area contributed by atoms with Crippen LogP contribution in [0.15, 0.2) is 43.5 Å². The summed E-state index contributed by atoms with van der Waals surface area (Å²) >= 11 is 0. The molecule has 4 nitrogen and oxygen atoms in total. The topological polar surface area (TPSA) is 57.6 Å². The molecule has 1 aromatic rings. The lowest BCUT2D eigenvalue weighted by Crippen LogP contribution is -2.37. The summed E-state index contributed by atoms with van der Waals surface area (Å²) in [6.45, 7) is 7.22. The Labute approximate surface area is 140 Å². The van der Waals surface area contributed by atoms with Gasteiger partial charge in [-0.2, -0.15) is 0 Å². The Morgan fingerprint density at radius 1 is 1.17 bits per heavy atom. The van der Waals surface area contributed by atoms with Gasteiger partial charge >= 0.3 is 5.97 Å². The molecule has 0 spiro atoms. The summed E-state index contributed by atoms with van der Waals surface area (Å²) in [5, 5.41) is 8.86. The summed E-state index contributed by atoms with van der Waals surface area (Å²) in [7, 11) is 0. The minimum atomic E-state index is -1.04. The van der Waals surface area contributed by atoms with E-state index in [-0.39, 0.29) is 25.4 Å². The molecule has 0 aliphatic heterocycles. The van der Waals surface area contributed by atoms with E-state index < -0.39 is 23.5 Å². The molecule has 0 bridgehead atoms. The largest absolute Gasteiger partial charge is 0.481 e. The molecule has 0 aromatic heterocycles. The van der Waals surface area contributed by atoms with E-state index in [1.807, 2.05) is 0 Å². The summed E-state index contributed by atoms with van der Waals surface area (Å²) in [6.07, 6.45) is 3.83. The first-order chi connectivity index (χ1) is 11.4.